The topological polar surface area (TPSA) is 48.2 Å². The summed E-state index contributed by atoms with van der Waals surface area (Å²) in [7, 11) is 0. The predicted molar refractivity (Wildman–Crippen MR) is 72.3 cm³/mol. The lowest BCUT2D eigenvalue weighted by Gasteiger charge is -2.36. The summed E-state index contributed by atoms with van der Waals surface area (Å²) < 4.78 is 5.67. The summed E-state index contributed by atoms with van der Waals surface area (Å²) in [6.07, 6.45) is 5.44. The number of carbonyl (C=O) groups is 1. The maximum absolute atomic E-state index is 12.0. The molecule has 1 heterocycles. The Kier molecular flexibility index (Phi) is 3.72. The second-order valence-corrected chi connectivity index (χ2v) is 7.03. The molecule has 104 valence electrons. The molecule has 1 atom stereocenters. The normalized spacial score (nSPS) is 36.2. The Hall–Kier alpha value is -0.570. The summed E-state index contributed by atoms with van der Waals surface area (Å²) >= 11 is 0. The summed E-state index contributed by atoms with van der Waals surface area (Å²) in [6.45, 7) is 9.76. The number of hydrogen-bond acceptors (Lipinski definition) is 3. The van der Waals surface area contributed by atoms with Crippen LogP contribution in [0.2, 0.25) is 0 Å². The van der Waals surface area contributed by atoms with Gasteiger partial charge in [0.05, 0.1) is 0 Å². The van der Waals surface area contributed by atoms with Crippen molar-refractivity contribution in [1.82, 2.24) is 5.32 Å². The molecular weight excluding hydrogens is 226 g/mol. The zero-order chi connectivity index (χ0) is 13.4. The smallest absolute Gasteiger partial charge is 0.327 e. The van der Waals surface area contributed by atoms with E-state index in [1.807, 2.05) is 6.92 Å². The lowest BCUT2D eigenvalue weighted by atomic mass is 9.72. The fourth-order valence-corrected chi connectivity index (χ4v) is 2.96. The van der Waals surface area contributed by atoms with Gasteiger partial charge in [-0.2, -0.15) is 0 Å². The highest BCUT2D eigenvalue weighted by molar-refractivity contribution is 5.84. The van der Waals surface area contributed by atoms with Gasteiger partial charge in [0, 0.05) is 6.54 Å². The van der Waals surface area contributed by atoms with E-state index in [1.54, 1.807) is 0 Å². The number of ether oxygens (including phenoxy) is 1. The van der Waals surface area contributed by atoms with E-state index in [-0.39, 0.29) is 17.6 Å². The summed E-state index contributed by atoms with van der Waals surface area (Å²) in [5.41, 5.74) is 0.0541. The standard InChI is InChI=1S/C15H27NO2/c1-5-15(10-16-15)13(17)18-12-8-6-11(7-9-12)14(2,3)4/h11-12,16H,5-10H2,1-4H3. The van der Waals surface area contributed by atoms with Crippen LogP contribution in [-0.4, -0.2) is 24.2 Å². The third-order valence-corrected chi connectivity index (χ3v) is 4.77. The van der Waals surface area contributed by atoms with Crippen LogP contribution in [0.1, 0.15) is 59.8 Å². The van der Waals surface area contributed by atoms with E-state index in [0.717, 1.165) is 31.7 Å². The highest BCUT2D eigenvalue weighted by Crippen LogP contribution is 2.39. The van der Waals surface area contributed by atoms with Gasteiger partial charge in [-0.05, 0) is 43.4 Å². The van der Waals surface area contributed by atoms with Crippen molar-refractivity contribution >= 4 is 5.97 Å². The Bertz CT molecular complexity index is 307. The van der Waals surface area contributed by atoms with Gasteiger partial charge in [-0.25, -0.2) is 4.79 Å². The van der Waals surface area contributed by atoms with Gasteiger partial charge in [0.25, 0.3) is 0 Å². The van der Waals surface area contributed by atoms with E-state index in [9.17, 15) is 4.79 Å². The molecule has 2 rings (SSSR count). The molecule has 2 aliphatic rings. The van der Waals surface area contributed by atoms with Crippen LogP contribution >= 0.6 is 0 Å². The van der Waals surface area contributed by atoms with E-state index in [2.05, 4.69) is 26.1 Å². The van der Waals surface area contributed by atoms with Gasteiger partial charge < -0.3 is 4.74 Å². The van der Waals surface area contributed by atoms with Crippen LogP contribution in [0.4, 0.5) is 0 Å². The van der Waals surface area contributed by atoms with Gasteiger partial charge in [0.1, 0.15) is 11.6 Å². The van der Waals surface area contributed by atoms with Crippen LogP contribution in [0.3, 0.4) is 0 Å². The first-order valence-electron chi connectivity index (χ1n) is 7.33. The fraction of sp³-hybridized carbons (Fsp3) is 0.933. The van der Waals surface area contributed by atoms with E-state index in [4.69, 9.17) is 4.74 Å². The Morgan fingerprint density at radius 1 is 1.28 bits per heavy atom. The molecule has 1 saturated heterocycles. The minimum atomic E-state index is -0.332. The summed E-state index contributed by atoms with van der Waals surface area (Å²) in [5.74, 6) is 0.746. The monoisotopic (exact) mass is 253 g/mol. The lowest BCUT2D eigenvalue weighted by molar-refractivity contribution is -0.154. The molecule has 2 fully saturated rings. The van der Waals surface area contributed by atoms with Crippen LogP contribution in [0.15, 0.2) is 0 Å². The van der Waals surface area contributed by atoms with Gasteiger partial charge in [0.15, 0.2) is 0 Å². The minimum Gasteiger partial charge on any atom is -0.461 e. The van der Waals surface area contributed by atoms with Crippen molar-refractivity contribution in [3.63, 3.8) is 0 Å². The molecule has 3 heteroatoms. The molecule has 3 nitrogen and oxygen atoms in total. The van der Waals surface area contributed by atoms with Gasteiger partial charge in [0.2, 0.25) is 0 Å². The van der Waals surface area contributed by atoms with E-state index >= 15 is 0 Å². The summed E-state index contributed by atoms with van der Waals surface area (Å²) in [5, 5.41) is 3.15. The third kappa shape index (κ3) is 2.87. The molecule has 0 bridgehead atoms. The molecule has 18 heavy (non-hydrogen) atoms. The van der Waals surface area contributed by atoms with Gasteiger partial charge >= 0.3 is 5.97 Å². The summed E-state index contributed by atoms with van der Waals surface area (Å²) in [6, 6.07) is 0. The maximum atomic E-state index is 12.0. The number of nitrogens with one attached hydrogen (secondary N) is 1. The zero-order valence-electron chi connectivity index (χ0n) is 12.2. The highest BCUT2D eigenvalue weighted by atomic mass is 16.5. The summed E-state index contributed by atoms with van der Waals surface area (Å²) in [4.78, 5) is 12.0. The molecule has 0 amide bonds. The number of esters is 1. The third-order valence-electron chi connectivity index (χ3n) is 4.77. The molecule has 1 aliphatic heterocycles. The van der Waals surface area contributed by atoms with E-state index < -0.39 is 0 Å². The Morgan fingerprint density at radius 3 is 2.22 bits per heavy atom. The zero-order valence-corrected chi connectivity index (χ0v) is 12.2. The van der Waals surface area contributed by atoms with E-state index in [0.29, 0.717) is 5.41 Å². The highest BCUT2D eigenvalue weighted by Gasteiger charge is 2.50. The average molecular weight is 253 g/mol. The number of hydrogen-bond donors (Lipinski definition) is 1. The Labute approximate surface area is 111 Å². The van der Waals surface area contributed by atoms with Crippen LogP contribution in [0.5, 0.6) is 0 Å². The molecule has 0 spiro atoms. The Morgan fingerprint density at radius 2 is 1.83 bits per heavy atom. The molecule has 0 aromatic heterocycles. The SMILES string of the molecule is CCC1(C(=O)OC2CCC(C(C)(C)C)CC2)CN1. The van der Waals surface area contributed by atoms with Crippen LogP contribution in [-0.2, 0) is 9.53 Å². The van der Waals surface area contributed by atoms with Crippen LogP contribution in [0.25, 0.3) is 0 Å². The molecular formula is C15H27NO2. The second-order valence-electron chi connectivity index (χ2n) is 7.03. The number of carbonyl (C=O) groups excluding carboxylic acids is 1. The van der Waals surface area contributed by atoms with Crippen molar-refractivity contribution in [1.29, 1.82) is 0 Å². The average Bonchev–Trinajstić information content (AvgIpc) is 3.09. The lowest BCUT2D eigenvalue weighted by Crippen LogP contribution is -2.36. The number of rotatable bonds is 3. The molecule has 1 unspecified atom stereocenters. The Balaban J connectivity index is 1.79. The quantitative estimate of drug-likeness (QED) is 0.621. The molecule has 1 aliphatic carbocycles. The fourth-order valence-electron chi connectivity index (χ4n) is 2.96. The van der Waals surface area contributed by atoms with Crippen LogP contribution in [0, 0.1) is 11.3 Å². The first-order chi connectivity index (χ1) is 8.37. The largest absolute Gasteiger partial charge is 0.461 e. The minimum absolute atomic E-state index is 0.0239. The van der Waals surface area contributed by atoms with Crippen molar-refractivity contribution in [2.24, 2.45) is 11.3 Å². The maximum Gasteiger partial charge on any atom is 0.327 e. The second kappa shape index (κ2) is 4.84. The van der Waals surface area contributed by atoms with Crippen molar-refractivity contribution in [3.8, 4) is 0 Å². The van der Waals surface area contributed by atoms with Crippen molar-refractivity contribution in [3.05, 3.63) is 0 Å². The van der Waals surface area contributed by atoms with Crippen molar-refractivity contribution in [2.75, 3.05) is 6.54 Å². The first kappa shape index (κ1) is 13.9. The molecule has 1 saturated carbocycles. The predicted octanol–water partition coefficient (Wildman–Crippen LogP) is 2.89. The molecule has 1 N–H and O–H groups in total. The first-order valence-corrected chi connectivity index (χ1v) is 7.33. The van der Waals surface area contributed by atoms with Crippen LogP contribution < -0.4 is 5.32 Å². The van der Waals surface area contributed by atoms with Gasteiger partial charge in [-0.1, -0.05) is 27.7 Å². The molecule has 0 aromatic rings. The van der Waals surface area contributed by atoms with E-state index in [1.165, 1.54) is 12.8 Å². The molecule has 0 aromatic carbocycles. The van der Waals surface area contributed by atoms with Crippen molar-refractivity contribution < 1.29 is 9.53 Å². The van der Waals surface area contributed by atoms with Gasteiger partial charge in [-0.15, -0.1) is 0 Å². The molecule has 0 radical (unpaired) electrons. The van der Waals surface area contributed by atoms with Gasteiger partial charge in [-0.3, -0.25) is 5.32 Å². The van der Waals surface area contributed by atoms with Crippen molar-refractivity contribution in [2.45, 2.75) is 71.4 Å².